The van der Waals surface area contributed by atoms with Crippen molar-refractivity contribution in [3.63, 3.8) is 0 Å². The van der Waals surface area contributed by atoms with Crippen LogP contribution in [0.15, 0.2) is 0 Å². The maximum absolute atomic E-state index is 12.0. The third-order valence-electron chi connectivity index (χ3n) is 3.36. The minimum Gasteiger partial charge on any atom is -0.480 e. The number of amides is 3. The Kier molecular flexibility index (Phi) is 7.42. The van der Waals surface area contributed by atoms with Crippen molar-refractivity contribution < 1.29 is 29.4 Å². The molecule has 0 aromatic rings. The average Bonchev–Trinajstić information content (AvgIpc) is 3.04. The average molecular weight is 330 g/mol. The maximum atomic E-state index is 12.0. The Morgan fingerprint density at radius 2 is 1.91 bits per heavy atom. The molecule has 130 valence electrons. The number of hydrogen-bond acceptors (Lipinski definition) is 6. The summed E-state index contributed by atoms with van der Waals surface area (Å²) in [4.78, 5) is 45.8. The van der Waals surface area contributed by atoms with Gasteiger partial charge >= 0.3 is 5.97 Å². The van der Waals surface area contributed by atoms with Crippen molar-refractivity contribution in [1.29, 1.82) is 0 Å². The highest BCUT2D eigenvalue weighted by Gasteiger charge is 2.27. The maximum Gasteiger partial charge on any atom is 0.322 e. The molecule has 0 radical (unpaired) electrons. The molecule has 0 bridgehead atoms. The van der Waals surface area contributed by atoms with Gasteiger partial charge in [0, 0.05) is 0 Å². The van der Waals surface area contributed by atoms with Crippen LogP contribution in [0, 0.1) is 0 Å². The van der Waals surface area contributed by atoms with Crippen LogP contribution < -0.4 is 21.3 Å². The quantitative estimate of drug-likeness (QED) is 0.275. The fraction of sp³-hybridized carbons (Fsp3) is 0.692. The first-order valence-corrected chi connectivity index (χ1v) is 7.29. The van der Waals surface area contributed by atoms with E-state index in [1.165, 1.54) is 6.92 Å². The Balaban J connectivity index is 2.45. The van der Waals surface area contributed by atoms with E-state index >= 15 is 0 Å². The predicted molar refractivity (Wildman–Crippen MR) is 78.3 cm³/mol. The predicted octanol–water partition coefficient (Wildman–Crippen LogP) is -3.08. The van der Waals surface area contributed by atoms with Gasteiger partial charge in [0.05, 0.1) is 12.6 Å². The van der Waals surface area contributed by atoms with E-state index in [1.807, 2.05) is 0 Å². The molecule has 1 aliphatic rings. The van der Waals surface area contributed by atoms with E-state index in [2.05, 4.69) is 21.3 Å². The SMILES string of the molecule is CC(NC(=O)C1CCCN1)C(=O)NC(CO)C(=O)NCC(=O)O. The molecular formula is C13H22N4O6. The van der Waals surface area contributed by atoms with Crippen LogP contribution in [0.2, 0.25) is 0 Å². The Hall–Kier alpha value is -2.20. The lowest BCUT2D eigenvalue weighted by Gasteiger charge is -2.20. The standard InChI is InChI=1S/C13H22N4O6/c1-7(16-13(23)8-3-2-4-14-8)11(21)17-9(6-18)12(22)15-5-10(19)20/h7-9,14,18H,2-6H2,1H3,(H,15,22)(H,16,23)(H,17,21)(H,19,20). The molecule has 1 rings (SSSR count). The third-order valence-corrected chi connectivity index (χ3v) is 3.36. The topological polar surface area (TPSA) is 157 Å². The second-order valence-electron chi connectivity index (χ2n) is 5.23. The highest BCUT2D eigenvalue weighted by molar-refractivity contribution is 5.93. The minimum absolute atomic E-state index is 0.305. The van der Waals surface area contributed by atoms with E-state index in [0.29, 0.717) is 6.42 Å². The number of carboxylic acids is 1. The summed E-state index contributed by atoms with van der Waals surface area (Å²) in [6.07, 6.45) is 1.58. The van der Waals surface area contributed by atoms with Crippen LogP contribution in [0.1, 0.15) is 19.8 Å². The van der Waals surface area contributed by atoms with Gasteiger partial charge in [-0.25, -0.2) is 0 Å². The number of aliphatic hydroxyl groups excluding tert-OH is 1. The molecular weight excluding hydrogens is 308 g/mol. The summed E-state index contributed by atoms with van der Waals surface area (Å²) >= 11 is 0. The number of carboxylic acid groups (broad SMARTS) is 1. The van der Waals surface area contributed by atoms with E-state index in [4.69, 9.17) is 10.2 Å². The van der Waals surface area contributed by atoms with Gasteiger partial charge in [-0.1, -0.05) is 0 Å². The van der Waals surface area contributed by atoms with Crippen molar-refractivity contribution in [1.82, 2.24) is 21.3 Å². The third kappa shape index (κ3) is 6.20. The first-order valence-electron chi connectivity index (χ1n) is 7.29. The molecule has 3 amide bonds. The smallest absolute Gasteiger partial charge is 0.322 e. The molecule has 1 heterocycles. The van der Waals surface area contributed by atoms with Crippen LogP contribution in [-0.4, -0.2) is 71.7 Å². The van der Waals surface area contributed by atoms with E-state index in [1.54, 1.807) is 0 Å². The molecule has 0 aromatic heterocycles. The first-order chi connectivity index (χ1) is 10.8. The van der Waals surface area contributed by atoms with Crippen molar-refractivity contribution in [3.8, 4) is 0 Å². The lowest BCUT2D eigenvalue weighted by atomic mass is 10.2. The molecule has 0 aromatic carbocycles. The van der Waals surface area contributed by atoms with Crippen molar-refractivity contribution >= 4 is 23.7 Å². The largest absolute Gasteiger partial charge is 0.480 e. The van der Waals surface area contributed by atoms with E-state index in [9.17, 15) is 19.2 Å². The van der Waals surface area contributed by atoms with Crippen LogP contribution in [0.5, 0.6) is 0 Å². The molecule has 0 saturated carbocycles. The molecule has 10 heteroatoms. The summed E-state index contributed by atoms with van der Waals surface area (Å²) in [5, 5.41) is 27.4. The Bertz CT molecular complexity index is 463. The van der Waals surface area contributed by atoms with Gasteiger partial charge in [0.1, 0.15) is 18.6 Å². The lowest BCUT2D eigenvalue weighted by Crippen LogP contribution is -2.56. The van der Waals surface area contributed by atoms with Crippen molar-refractivity contribution in [2.24, 2.45) is 0 Å². The summed E-state index contributed by atoms with van der Waals surface area (Å²) in [5.41, 5.74) is 0. The van der Waals surface area contributed by atoms with Gasteiger partial charge in [-0.05, 0) is 26.3 Å². The van der Waals surface area contributed by atoms with Crippen LogP contribution in [0.25, 0.3) is 0 Å². The first kappa shape index (κ1) is 18.8. The van der Waals surface area contributed by atoms with Crippen molar-refractivity contribution in [3.05, 3.63) is 0 Å². The van der Waals surface area contributed by atoms with Gasteiger partial charge in [0.25, 0.3) is 0 Å². The Labute approximate surface area is 133 Å². The zero-order valence-electron chi connectivity index (χ0n) is 12.8. The lowest BCUT2D eigenvalue weighted by molar-refractivity contribution is -0.138. The summed E-state index contributed by atoms with van der Waals surface area (Å²) < 4.78 is 0. The normalized spacial score (nSPS) is 19.5. The molecule has 1 fully saturated rings. The van der Waals surface area contributed by atoms with Crippen LogP contribution in [-0.2, 0) is 19.2 Å². The summed E-state index contributed by atoms with van der Waals surface area (Å²) in [6.45, 7) is 0.883. The molecule has 1 aliphatic heterocycles. The Morgan fingerprint density at radius 1 is 1.22 bits per heavy atom. The number of carbonyl (C=O) groups excluding carboxylic acids is 3. The van der Waals surface area contributed by atoms with Gasteiger partial charge in [-0.2, -0.15) is 0 Å². The number of aliphatic carboxylic acids is 1. The monoisotopic (exact) mass is 330 g/mol. The molecule has 3 atom stereocenters. The van der Waals surface area contributed by atoms with Gasteiger partial charge in [0.15, 0.2) is 0 Å². The number of carbonyl (C=O) groups is 4. The number of rotatable bonds is 8. The van der Waals surface area contributed by atoms with Gasteiger partial charge in [-0.15, -0.1) is 0 Å². The van der Waals surface area contributed by atoms with Crippen molar-refractivity contribution in [2.45, 2.75) is 37.9 Å². The minimum atomic E-state index is -1.29. The molecule has 3 unspecified atom stereocenters. The molecule has 1 saturated heterocycles. The molecule has 10 nitrogen and oxygen atoms in total. The number of nitrogens with one attached hydrogen (secondary N) is 4. The zero-order chi connectivity index (χ0) is 17.4. The van der Waals surface area contributed by atoms with Crippen LogP contribution in [0.4, 0.5) is 0 Å². The van der Waals surface area contributed by atoms with Crippen LogP contribution >= 0.6 is 0 Å². The molecule has 6 N–H and O–H groups in total. The van der Waals surface area contributed by atoms with Crippen molar-refractivity contribution in [2.75, 3.05) is 19.7 Å². The van der Waals surface area contributed by atoms with E-state index in [0.717, 1.165) is 13.0 Å². The summed E-state index contributed by atoms with van der Waals surface area (Å²) in [7, 11) is 0. The van der Waals surface area contributed by atoms with Gasteiger partial charge < -0.3 is 31.5 Å². The summed E-state index contributed by atoms with van der Waals surface area (Å²) in [6, 6.07) is -2.52. The highest BCUT2D eigenvalue weighted by Crippen LogP contribution is 2.04. The fourth-order valence-electron chi connectivity index (χ4n) is 2.06. The second-order valence-corrected chi connectivity index (χ2v) is 5.23. The number of hydrogen-bond donors (Lipinski definition) is 6. The van der Waals surface area contributed by atoms with E-state index < -0.39 is 43.0 Å². The number of aliphatic hydroxyl groups is 1. The molecule has 23 heavy (non-hydrogen) atoms. The molecule has 0 spiro atoms. The molecule has 0 aliphatic carbocycles. The van der Waals surface area contributed by atoms with Crippen LogP contribution in [0.3, 0.4) is 0 Å². The zero-order valence-corrected chi connectivity index (χ0v) is 12.8. The Morgan fingerprint density at radius 3 is 2.43 bits per heavy atom. The highest BCUT2D eigenvalue weighted by atomic mass is 16.4. The van der Waals surface area contributed by atoms with Gasteiger partial charge in [-0.3, -0.25) is 19.2 Å². The summed E-state index contributed by atoms with van der Waals surface area (Å²) in [5.74, 6) is -3.02. The van der Waals surface area contributed by atoms with E-state index in [-0.39, 0.29) is 11.9 Å². The second kappa shape index (κ2) is 9.06. The van der Waals surface area contributed by atoms with Gasteiger partial charge in [0.2, 0.25) is 17.7 Å². The fourth-order valence-corrected chi connectivity index (χ4v) is 2.06.